The van der Waals surface area contributed by atoms with Crippen molar-refractivity contribution < 1.29 is 13.2 Å². The number of halogens is 3. The minimum atomic E-state index is -4.50. The maximum atomic E-state index is 12.8. The number of nitrogens with two attached hydrogens (primary N) is 1. The molecule has 2 saturated heterocycles. The molecule has 2 N–H and O–H groups in total. The first-order valence-electron chi connectivity index (χ1n) is 6.64. The van der Waals surface area contributed by atoms with Gasteiger partial charge in [-0.1, -0.05) is 0 Å². The van der Waals surface area contributed by atoms with Gasteiger partial charge < -0.3 is 10.6 Å². The van der Waals surface area contributed by atoms with Crippen LogP contribution in [0.15, 0.2) is 6.07 Å². The van der Waals surface area contributed by atoms with Crippen molar-refractivity contribution in [3.05, 3.63) is 11.8 Å². The molecule has 3 heterocycles. The smallest absolute Gasteiger partial charge is 0.368 e. The fourth-order valence-corrected chi connectivity index (χ4v) is 2.96. The van der Waals surface area contributed by atoms with Gasteiger partial charge >= 0.3 is 6.18 Å². The van der Waals surface area contributed by atoms with Gasteiger partial charge in [0.05, 0.1) is 0 Å². The van der Waals surface area contributed by atoms with Crippen LogP contribution in [0, 0.1) is 0 Å². The van der Waals surface area contributed by atoms with Gasteiger partial charge in [0.2, 0.25) is 5.95 Å². The summed E-state index contributed by atoms with van der Waals surface area (Å²) in [4.78, 5) is 11.5. The van der Waals surface area contributed by atoms with Crippen LogP contribution >= 0.6 is 0 Å². The average molecular weight is 287 g/mol. The molecular weight excluding hydrogens is 271 g/mol. The van der Waals surface area contributed by atoms with E-state index in [0.717, 1.165) is 32.0 Å². The second-order valence-corrected chi connectivity index (χ2v) is 5.25. The Morgan fingerprint density at radius 3 is 2.75 bits per heavy atom. The van der Waals surface area contributed by atoms with Crippen LogP contribution in [0.2, 0.25) is 0 Å². The maximum Gasteiger partial charge on any atom is 0.433 e. The lowest BCUT2D eigenvalue weighted by Gasteiger charge is -2.38. The summed E-state index contributed by atoms with van der Waals surface area (Å²) in [6, 6.07) is 1.40. The van der Waals surface area contributed by atoms with E-state index in [1.807, 2.05) is 4.90 Å². The summed E-state index contributed by atoms with van der Waals surface area (Å²) >= 11 is 0. The number of hydrogen-bond donors (Lipinski definition) is 1. The molecule has 0 amide bonds. The number of rotatable bonds is 1. The van der Waals surface area contributed by atoms with Crippen LogP contribution in [0.25, 0.3) is 0 Å². The van der Waals surface area contributed by atoms with Crippen molar-refractivity contribution in [1.82, 2.24) is 14.9 Å². The number of aromatic nitrogens is 2. The summed E-state index contributed by atoms with van der Waals surface area (Å²) in [5, 5.41) is 0. The van der Waals surface area contributed by atoms with E-state index in [2.05, 4.69) is 14.9 Å². The monoisotopic (exact) mass is 287 g/mol. The molecule has 2 aliphatic rings. The Balaban J connectivity index is 1.85. The lowest BCUT2D eigenvalue weighted by Crippen LogP contribution is -2.50. The molecule has 1 unspecified atom stereocenters. The molecule has 2 fully saturated rings. The van der Waals surface area contributed by atoms with Gasteiger partial charge in [-0.3, -0.25) is 4.90 Å². The average Bonchev–Trinajstić information content (AvgIpc) is 2.84. The van der Waals surface area contributed by atoms with Crippen molar-refractivity contribution in [2.45, 2.75) is 25.1 Å². The molecule has 0 radical (unpaired) electrons. The van der Waals surface area contributed by atoms with E-state index in [9.17, 15) is 13.2 Å². The number of piperazine rings is 1. The first-order valence-corrected chi connectivity index (χ1v) is 6.64. The van der Waals surface area contributed by atoms with Crippen molar-refractivity contribution in [2.24, 2.45) is 0 Å². The zero-order valence-electron chi connectivity index (χ0n) is 10.9. The summed E-state index contributed by atoms with van der Waals surface area (Å²) in [6.45, 7) is 3.31. The lowest BCUT2D eigenvalue weighted by molar-refractivity contribution is -0.141. The molecule has 3 rings (SSSR count). The van der Waals surface area contributed by atoms with Crippen LogP contribution in [0.3, 0.4) is 0 Å². The van der Waals surface area contributed by atoms with Crippen LogP contribution in [0.1, 0.15) is 18.5 Å². The second-order valence-electron chi connectivity index (χ2n) is 5.25. The van der Waals surface area contributed by atoms with E-state index in [1.165, 1.54) is 0 Å². The van der Waals surface area contributed by atoms with E-state index in [-0.39, 0.29) is 11.8 Å². The van der Waals surface area contributed by atoms with E-state index in [0.29, 0.717) is 19.1 Å². The molecular formula is C12H16F3N5. The molecule has 0 spiro atoms. The molecule has 20 heavy (non-hydrogen) atoms. The minimum Gasteiger partial charge on any atom is -0.368 e. The van der Waals surface area contributed by atoms with Crippen LogP contribution < -0.4 is 10.6 Å². The number of fused-ring (bicyclic) bond motifs is 1. The third-order valence-electron chi connectivity index (χ3n) is 3.93. The predicted octanol–water partition coefficient (Wildman–Crippen LogP) is 1.36. The van der Waals surface area contributed by atoms with Gasteiger partial charge in [0, 0.05) is 31.7 Å². The zero-order chi connectivity index (χ0) is 14.3. The van der Waals surface area contributed by atoms with Crippen molar-refractivity contribution in [1.29, 1.82) is 0 Å². The third-order valence-corrected chi connectivity index (χ3v) is 3.93. The Morgan fingerprint density at radius 2 is 2.00 bits per heavy atom. The van der Waals surface area contributed by atoms with Gasteiger partial charge in [-0.15, -0.1) is 0 Å². The van der Waals surface area contributed by atoms with Gasteiger partial charge in [0.1, 0.15) is 5.82 Å². The normalized spacial score (nSPS) is 23.9. The molecule has 5 nitrogen and oxygen atoms in total. The van der Waals surface area contributed by atoms with Crippen LogP contribution in [-0.4, -0.2) is 47.1 Å². The summed E-state index contributed by atoms with van der Waals surface area (Å²) in [6.07, 6.45) is -2.26. The van der Waals surface area contributed by atoms with Crippen molar-refractivity contribution >= 4 is 11.8 Å². The first-order chi connectivity index (χ1) is 9.43. The van der Waals surface area contributed by atoms with E-state index < -0.39 is 11.9 Å². The Kier molecular flexibility index (Phi) is 3.19. The quantitative estimate of drug-likeness (QED) is 0.845. The lowest BCUT2D eigenvalue weighted by atomic mass is 10.1. The molecule has 1 aromatic heterocycles. The summed E-state index contributed by atoms with van der Waals surface area (Å²) in [7, 11) is 0. The Hall–Kier alpha value is -1.57. The fourth-order valence-electron chi connectivity index (χ4n) is 2.96. The fraction of sp³-hybridized carbons (Fsp3) is 0.667. The molecule has 0 aromatic carbocycles. The number of anilines is 2. The molecule has 8 heteroatoms. The maximum absolute atomic E-state index is 12.8. The van der Waals surface area contributed by atoms with Crippen molar-refractivity contribution in [2.75, 3.05) is 36.8 Å². The van der Waals surface area contributed by atoms with Crippen molar-refractivity contribution in [3.63, 3.8) is 0 Å². The molecule has 0 bridgehead atoms. The zero-order valence-corrected chi connectivity index (χ0v) is 10.9. The topological polar surface area (TPSA) is 58.3 Å². The number of nitrogen functional groups attached to an aromatic ring is 1. The number of alkyl halides is 3. The summed E-state index contributed by atoms with van der Waals surface area (Å²) in [5.74, 6) is -0.0555. The minimum absolute atomic E-state index is 0.274. The van der Waals surface area contributed by atoms with Crippen LogP contribution in [0.5, 0.6) is 0 Å². The highest BCUT2D eigenvalue weighted by Gasteiger charge is 2.35. The highest BCUT2D eigenvalue weighted by molar-refractivity contribution is 5.45. The van der Waals surface area contributed by atoms with E-state index >= 15 is 0 Å². The number of hydrogen-bond acceptors (Lipinski definition) is 5. The van der Waals surface area contributed by atoms with Crippen molar-refractivity contribution in [3.8, 4) is 0 Å². The molecule has 110 valence electrons. The van der Waals surface area contributed by atoms with E-state index in [4.69, 9.17) is 5.73 Å². The second kappa shape index (κ2) is 4.76. The molecule has 0 aliphatic carbocycles. The number of nitrogens with zero attached hydrogens (tertiary/aromatic N) is 4. The molecule has 1 atom stereocenters. The Labute approximate surface area is 114 Å². The summed E-state index contributed by atoms with van der Waals surface area (Å²) in [5.41, 5.74) is 4.43. The predicted molar refractivity (Wildman–Crippen MR) is 68.3 cm³/mol. The highest BCUT2D eigenvalue weighted by Crippen LogP contribution is 2.31. The van der Waals surface area contributed by atoms with Gasteiger partial charge in [0.15, 0.2) is 5.69 Å². The Morgan fingerprint density at radius 1 is 1.20 bits per heavy atom. The van der Waals surface area contributed by atoms with Gasteiger partial charge in [-0.2, -0.15) is 18.2 Å². The third kappa shape index (κ3) is 2.52. The molecule has 2 aliphatic heterocycles. The van der Waals surface area contributed by atoms with Gasteiger partial charge in [-0.25, -0.2) is 4.98 Å². The van der Waals surface area contributed by atoms with Gasteiger partial charge in [-0.05, 0) is 19.4 Å². The molecule has 1 aromatic rings. The SMILES string of the molecule is Nc1nc(N2CCN3CCCC3C2)cc(C(F)(F)F)n1. The van der Waals surface area contributed by atoms with Gasteiger partial charge in [0.25, 0.3) is 0 Å². The van der Waals surface area contributed by atoms with Crippen LogP contribution in [0.4, 0.5) is 24.9 Å². The molecule has 0 saturated carbocycles. The summed E-state index contributed by atoms with van der Waals surface area (Å²) < 4.78 is 38.3. The van der Waals surface area contributed by atoms with Crippen LogP contribution in [-0.2, 0) is 6.18 Å². The first kappa shape index (κ1) is 13.4. The Bertz CT molecular complexity index is 504. The largest absolute Gasteiger partial charge is 0.433 e. The standard InChI is InChI=1S/C12H16F3N5/c13-12(14,15)9-6-10(18-11(16)17-9)20-5-4-19-3-1-2-8(19)7-20/h6,8H,1-5,7H2,(H2,16,17,18). The highest BCUT2D eigenvalue weighted by atomic mass is 19.4. The van der Waals surface area contributed by atoms with E-state index in [1.54, 1.807) is 0 Å².